The van der Waals surface area contributed by atoms with Crippen molar-refractivity contribution in [1.82, 2.24) is 10.3 Å². The minimum absolute atomic E-state index is 0.222. The number of carbonyl (C=O) groups excluding carboxylic acids is 1. The molecule has 5 nitrogen and oxygen atoms in total. The highest BCUT2D eigenvalue weighted by atomic mass is 32.2. The Balaban J connectivity index is 2.41. The van der Waals surface area contributed by atoms with Gasteiger partial charge in [0, 0.05) is 35.0 Å². The molecule has 0 bridgehead atoms. The van der Waals surface area contributed by atoms with Gasteiger partial charge in [0.1, 0.15) is 5.82 Å². The molecule has 1 aromatic rings. The molecule has 0 aromatic carbocycles. The van der Waals surface area contributed by atoms with E-state index in [2.05, 4.69) is 10.3 Å². The van der Waals surface area contributed by atoms with E-state index in [9.17, 15) is 9.00 Å². The molecule has 6 heteroatoms. The van der Waals surface area contributed by atoms with Crippen LogP contribution in [0, 0.1) is 0 Å². The summed E-state index contributed by atoms with van der Waals surface area (Å²) in [5.41, 5.74) is 5.86. The molecular weight excluding hydrogens is 226 g/mol. The Hall–Kier alpha value is -1.43. The lowest BCUT2D eigenvalue weighted by Crippen LogP contribution is -2.28. The van der Waals surface area contributed by atoms with Gasteiger partial charge < -0.3 is 11.1 Å². The van der Waals surface area contributed by atoms with E-state index in [1.807, 2.05) is 6.92 Å². The van der Waals surface area contributed by atoms with E-state index in [0.29, 0.717) is 29.4 Å². The first-order valence-corrected chi connectivity index (χ1v) is 6.47. The highest BCUT2D eigenvalue weighted by Gasteiger charge is 2.05. The molecule has 0 fully saturated rings. The molecule has 1 atom stereocenters. The highest BCUT2D eigenvalue weighted by molar-refractivity contribution is 7.84. The third-order valence-corrected chi connectivity index (χ3v) is 3.29. The van der Waals surface area contributed by atoms with E-state index in [1.165, 1.54) is 6.20 Å². The molecule has 0 saturated heterocycles. The molecule has 0 radical (unpaired) electrons. The predicted molar refractivity (Wildman–Crippen MR) is 64.5 cm³/mol. The molecule has 3 N–H and O–H groups in total. The average Bonchev–Trinajstić information content (AvgIpc) is 2.29. The third-order valence-electron chi connectivity index (χ3n) is 1.99. The molecule has 88 valence electrons. The van der Waals surface area contributed by atoms with Gasteiger partial charge in [-0.15, -0.1) is 0 Å². The highest BCUT2D eigenvalue weighted by Crippen LogP contribution is 2.00. The smallest absolute Gasteiger partial charge is 0.252 e. The lowest BCUT2D eigenvalue weighted by molar-refractivity contribution is 0.0956. The van der Waals surface area contributed by atoms with Crippen molar-refractivity contribution in [3.63, 3.8) is 0 Å². The molecule has 1 heterocycles. The number of amides is 1. The standard InChI is InChI=1S/C10H15N3O2S/c1-2-16(15)6-5-12-10(14)8-3-4-9(11)13-7-8/h3-4,7H,2,5-6H2,1H3,(H2,11,13)(H,12,14). The summed E-state index contributed by atoms with van der Waals surface area (Å²) in [5, 5.41) is 2.67. The second-order valence-electron chi connectivity index (χ2n) is 3.16. The summed E-state index contributed by atoms with van der Waals surface area (Å²) in [7, 11) is -0.854. The number of pyridine rings is 1. The minimum Gasteiger partial charge on any atom is -0.384 e. The summed E-state index contributed by atoms with van der Waals surface area (Å²) in [6, 6.07) is 3.17. The topological polar surface area (TPSA) is 85.1 Å². The Labute approximate surface area is 96.9 Å². The Kier molecular flexibility index (Phi) is 4.91. The molecule has 1 amide bonds. The number of hydrogen-bond acceptors (Lipinski definition) is 4. The maximum atomic E-state index is 11.5. The number of anilines is 1. The van der Waals surface area contributed by atoms with Crippen LogP contribution in [0.5, 0.6) is 0 Å². The van der Waals surface area contributed by atoms with Crippen LogP contribution in [0.25, 0.3) is 0 Å². The van der Waals surface area contributed by atoms with Crippen LogP contribution >= 0.6 is 0 Å². The van der Waals surface area contributed by atoms with Crippen molar-refractivity contribution in [3.8, 4) is 0 Å². The fraction of sp³-hybridized carbons (Fsp3) is 0.400. The average molecular weight is 241 g/mol. The number of nitrogens with zero attached hydrogens (tertiary/aromatic N) is 1. The largest absolute Gasteiger partial charge is 0.384 e. The van der Waals surface area contributed by atoms with E-state index in [-0.39, 0.29) is 5.91 Å². The zero-order chi connectivity index (χ0) is 12.0. The third kappa shape index (κ3) is 3.98. The molecule has 0 aliphatic rings. The van der Waals surface area contributed by atoms with Crippen molar-refractivity contribution in [3.05, 3.63) is 23.9 Å². The lowest BCUT2D eigenvalue weighted by Gasteiger charge is -2.04. The SMILES string of the molecule is CCS(=O)CCNC(=O)c1ccc(N)nc1. The molecule has 0 spiro atoms. The van der Waals surface area contributed by atoms with Crippen LogP contribution < -0.4 is 11.1 Å². The molecular formula is C10H15N3O2S. The summed E-state index contributed by atoms with van der Waals surface area (Å²) < 4.78 is 11.1. The summed E-state index contributed by atoms with van der Waals surface area (Å²) >= 11 is 0. The van der Waals surface area contributed by atoms with Crippen molar-refractivity contribution in [2.45, 2.75) is 6.92 Å². The number of rotatable bonds is 5. The maximum Gasteiger partial charge on any atom is 0.252 e. The first-order valence-electron chi connectivity index (χ1n) is 4.98. The van der Waals surface area contributed by atoms with E-state index in [1.54, 1.807) is 12.1 Å². The van der Waals surface area contributed by atoms with Gasteiger partial charge in [0.15, 0.2) is 0 Å². The van der Waals surface area contributed by atoms with Crippen molar-refractivity contribution < 1.29 is 9.00 Å². The van der Waals surface area contributed by atoms with Gasteiger partial charge in [-0.1, -0.05) is 6.92 Å². The number of nitrogens with one attached hydrogen (secondary N) is 1. The molecule has 16 heavy (non-hydrogen) atoms. The van der Waals surface area contributed by atoms with Crippen molar-refractivity contribution in [1.29, 1.82) is 0 Å². The summed E-state index contributed by atoms with van der Waals surface area (Å²) in [5.74, 6) is 1.24. The van der Waals surface area contributed by atoms with Crippen LogP contribution in [-0.2, 0) is 10.8 Å². The number of nitrogens with two attached hydrogens (primary N) is 1. The van der Waals surface area contributed by atoms with Crippen LogP contribution in [0.1, 0.15) is 17.3 Å². The first-order chi connectivity index (χ1) is 7.63. The minimum atomic E-state index is -0.854. The normalized spacial score (nSPS) is 12.1. The van der Waals surface area contributed by atoms with Crippen molar-refractivity contribution >= 4 is 22.5 Å². The van der Waals surface area contributed by atoms with Crippen molar-refractivity contribution in [2.75, 3.05) is 23.8 Å². The monoisotopic (exact) mass is 241 g/mol. The summed E-state index contributed by atoms with van der Waals surface area (Å²) in [4.78, 5) is 15.4. The molecule has 1 unspecified atom stereocenters. The second kappa shape index (κ2) is 6.22. The van der Waals surface area contributed by atoms with Crippen LogP contribution in [0.2, 0.25) is 0 Å². The molecule has 0 aliphatic carbocycles. The van der Waals surface area contributed by atoms with Crippen LogP contribution in [0.4, 0.5) is 5.82 Å². The maximum absolute atomic E-state index is 11.5. The Morgan fingerprint density at radius 3 is 2.88 bits per heavy atom. The fourth-order valence-corrected chi connectivity index (χ4v) is 1.68. The number of nitrogen functional groups attached to an aromatic ring is 1. The Morgan fingerprint density at radius 2 is 2.31 bits per heavy atom. The molecule has 1 aromatic heterocycles. The Bertz CT molecular complexity index is 378. The zero-order valence-corrected chi connectivity index (χ0v) is 9.92. The van der Waals surface area contributed by atoms with Gasteiger partial charge in [0.2, 0.25) is 0 Å². The predicted octanol–water partition coefficient (Wildman–Crippen LogP) is 0.162. The molecule has 0 aliphatic heterocycles. The summed E-state index contributed by atoms with van der Waals surface area (Å²) in [6.07, 6.45) is 1.42. The van der Waals surface area contributed by atoms with Gasteiger partial charge in [0.05, 0.1) is 5.56 Å². The van der Waals surface area contributed by atoms with Gasteiger partial charge in [-0.2, -0.15) is 0 Å². The van der Waals surface area contributed by atoms with Crippen LogP contribution in [0.3, 0.4) is 0 Å². The molecule has 0 saturated carbocycles. The Morgan fingerprint density at radius 1 is 1.56 bits per heavy atom. The lowest BCUT2D eigenvalue weighted by atomic mass is 10.2. The quantitative estimate of drug-likeness (QED) is 0.769. The van der Waals surface area contributed by atoms with E-state index in [0.717, 1.165) is 0 Å². The first kappa shape index (κ1) is 12.6. The fourth-order valence-electron chi connectivity index (χ4n) is 1.06. The molecule has 1 rings (SSSR count). The zero-order valence-electron chi connectivity index (χ0n) is 9.10. The van der Waals surface area contributed by atoms with Crippen LogP contribution in [-0.4, -0.2) is 33.2 Å². The van der Waals surface area contributed by atoms with E-state index in [4.69, 9.17) is 5.73 Å². The van der Waals surface area contributed by atoms with Crippen molar-refractivity contribution in [2.24, 2.45) is 0 Å². The van der Waals surface area contributed by atoms with Gasteiger partial charge in [-0.25, -0.2) is 4.98 Å². The van der Waals surface area contributed by atoms with Crippen LogP contribution in [0.15, 0.2) is 18.3 Å². The summed E-state index contributed by atoms with van der Waals surface area (Å²) in [6.45, 7) is 2.26. The van der Waals surface area contributed by atoms with Gasteiger partial charge in [-0.05, 0) is 12.1 Å². The van der Waals surface area contributed by atoms with Gasteiger partial charge in [0.25, 0.3) is 5.91 Å². The van der Waals surface area contributed by atoms with Gasteiger partial charge >= 0.3 is 0 Å². The van der Waals surface area contributed by atoms with Gasteiger partial charge in [-0.3, -0.25) is 9.00 Å². The van der Waals surface area contributed by atoms with E-state index >= 15 is 0 Å². The second-order valence-corrected chi connectivity index (χ2v) is 5.03. The number of hydrogen-bond donors (Lipinski definition) is 2. The number of aromatic nitrogens is 1. The van der Waals surface area contributed by atoms with E-state index < -0.39 is 10.8 Å². The number of carbonyl (C=O) groups is 1.